The second kappa shape index (κ2) is 20.2. The molecule has 0 rings (SSSR count). The van der Waals surface area contributed by atoms with Crippen LogP contribution in [0.2, 0.25) is 0 Å². The Morgan fingerprint density at radius 3 is 0.929 bits per heavy atom. The third-order valence-corrected chi connectivity index (χ3v) is 6.80. The normalized spacial score (nSPS) is 13.2. The maximum absolute atomic E-state index is 2.40. The number of hydrogen-bond donors (Lipinski definition) is 0. The summed E-state index contributed by atoms with van der Waals surface area (Å²) in [6, 6.07) is 0.801. The first-order chi connectivity index (χ1) is 13.5. The van der Waals surface area contributed by atoms with Crippen LogP contribution in [0.5, 0.6) is 0 Å². The van der Waals surface area contributed by atoms with Crippen LogP contribution in [-0.4, -0.2) is 31.7 Å². The minimum Gasteiger partial charge on any atom is -0.329 e. The van der Waals surface area contributed by atoms with Gasteiger partial charge in [0.15, 0.2) is 0 Å². The lowest BCUT2D eigenvalue weighted by molar-refractivity contribution is -0.894. The first kappa shape index (κ1) is 28.0. The summed E-state index contributed by atoms with van der Waals surface area (Å²) >= 11 is 0. The van der Waals surface area contributed by atoms with Gasteiger partial charge in [0, 0.05) is 0 Å². The Morgan fingerprint density at radius 1 is 0.429 bits per heavy atom. The molecule has 0 aliphatic rings. The lowest BCUT2D eigenvalue weighted by Crippen LogP contribution is -2.43. The van der Waals surface area contributed by atoms with Crippen molar-refractivity contribution in [2.24, 2.45) is 0 Å². The number of rotatable bonds is 22. The van der Waals surface area contributed by atoms with Crippen molar-refractivity contribution in [2.75, 3.05) is 21.1 Å². The molecule has 0 aliphatic carbocycles. The molecule has 0 aromatic heterocycles. The molecule has 1 nitrogen and oxygen atoms in total. The molecule has 0 saturated carbocycles. The van der Waals surface area contributed by atoms with Crippen LogP contribution in [0.25, 0.3) is 0 Å². The molecule has 0 fully saturated rings. The summed E-state index contributed by atoms with van der Waals surface area (Å²) in [5.41, 5.74) is 0. The first-order valence-corrected chi connectivity index (χ1v) is 13.3. The van der Waals surface area contributed by atoms with E-state index in [9.17, 15) is 0 Å². The molecule has 0 spiro atoms. The van der Waals surface area contributed by atoms with E-state index in [1.807, 2.05) is 0 Å². The van der Waals surface area contributed by atoms with Crippen LogP contribution in [0, 0.1) is 0 Å². The van der Waals surface area contributed by atoms with Crippen molar-refractivity contribution < 1.29 is 4.48 Å². The molecule has 1 heteroatoms. The fraction of sp³-hybridized carbons (Fsp3) is 1.00. The zero-order valence-corrected chi connectivity index (χ0v) is 20.9. The fourth-order valence-corrected chi connectivity index (χ4v) is 4.08. The quantitative estimate of drug-likeness (QED) is 0.126. The summed E-state index contributed by atoms with van der Waals surface area (Å²) in [5.74, 6) is 0. The standard InChI is InChI=1S/C27H58N/c1-6-7-8-9-10-11-12-13-14-15-16-17-18-19-20-21-22-23-24-25-26-27(2)28(3,4)5/h27H,6-26H2,1-5H3/q+1. The molecule has 0 aliphatic heterocycles. The summed E-state index contributed by atoms with van der Waals surface area (Å²) in [5, 5.41) is 0. The van der Waals surface area contributed by atoms with Gasteiger partial charge in [-0.05, 0) is 19.8 Å². The van der Waals surface area contributed by atoms with Gasteiger partial charge in [-0.15, -0.1) is 0 Å². The Hall–Kier alpha value is -0.0400. The van der Waals surface area contributed by atoms with E-state index in [0.29, 0.717) is 0 Å². The topological polar surface area (TPSA) is 0 Å². The highest BCUT2D eigenvalue weighted by Crippen LogP contribution is 2.16. The van der Waals surface area contributed by atoms with E-state index in [2.05, 4.69) is 35.0 Å². The van der Waals surface area contributed by atoms with Gasteiger partial charge in [0.2, 0.25) is 0 Å². The first-order valence-electron chi connectivity index (χ1n) is 13.3. The highest BCUT2D eigenvalue weighted by molar-refractivity contribution is 4.53. The van der Waals surface area contributed by atoms with Crippen LogP contribution in [0.3, 0.4) is 0 Å². The van der Waals surface area contributed by atoms with E-state index in [-0.39, 0.29) is 0 Å². The molecule has 0 amide bonds. The average molecular weight is 397 g/mol. The predicted octanol–water partition coefficient (Wildman–Crippen LogP) is 9.29. The lowest BCUT2D eigenvalue weighted by atomic mass is 10.0. The Bertz CT molecular complexity index is 291. The maximum atomic E-state index is 2.40. The van der Waals surface area contributed by atoms with Gasteiger partial charge >= 0.3 is 0 Å². The van der Waals surface area contributed by atoms with Crippen LogP contribution in [0.15, 0.2) is 0 Å². The number of nitrogens with zero attached hydrogens (tertiary/aromatic N) is 1. The Morgan fingerprint density at radius 2 is 0.679 bits per heavy atom. The molecule has 0 heterocycles. The Labute approximate surface area is 180 Å². The van der Waals surface area contributed by atoms with Gasteiger partial charge in [-0.1, -0.05) is 129 Å². The molecule has 170 valence electrons. The molecule has 0 radical (unpaired) electrons. The average Bonchev–Trinajstić information content (AvgIpc) is 2.65. The van der Waals surface area contributed by atoms with E-state index >= 15 is 0 Å². The highest BCUT2D eigenvalue weighted by atomic mass is 15.3. The predicted molar refractivity (Wildman–Crippen MR) is 130 cm³/mol. The number of unbranched alkanes of at least 4 members (excludes halogenated alkanes) is 19. The van der Waals surface area contributed by atoms with Crippen molar-refractivity contribution in [1.82, 2.24) is 0 Å². The van der Waals surface area contributed by atoms with Gasteiger partial charge in [-0.25, -0.2) is 0 Å². The molecular formula is C27H58N+. The fourth-order valence-electron chi connectivity index (χ4n) is 4.08. The molecule has 0 N–H and O–H groups in total. The van der Waals surface area contributed by atoms with E-state index in [0.717, 1.165) is 10.5 Å². The van der Waals surface area contributed by atoms with Gasteiger partial charge in [0.25, 0.3) is 0 Å². The molecule has 0 saturated heterocycles. The summed E-state index contributed by atoms with van der Waals surface area (Å²) in [6.45, 7) is 4.70. The monoisotopic (exact) mass is 396 g/mol. The second-order valence-electron chi connectivity index (χ2n) is 10.5. The van der Waals surface area contributed by atoms with E-state index < -0.39 is 0 Å². The lowest BCUT2D eigenvalue weighted by Gasteiger charge is -2.31. The van der Waals surface area contributed by atoms with Crippen molar-refractivity contribution in [3.8, 4) is 0 Å². The number of quaternary nitrogens is 1. The van der Waals surface area contributed by atoms with Crippen LogP contribution in [0.4, 0.5) is 0 Å². The number of hydrogen-bond acceptors (Lipinski definition) is 0. The van der Waals surface area contributed by atoms with Crippen molar-refractivity contribution in [3.63, 3.8) is 0 Å². The maximum Gasteiger partial charge on any atom is 0.0855 e. The third kappa shape index (κ3) is 20.7. The smallest absolute Gasteiger partial charge is 0.0855 e. The summed E-state index contributed by atoms with van der Waals surface area (Å²) in [7, 11) is 6.96. The van der Waals surface area contributed by atoms with Crippen molar-refractivity contribution in [3.05, 3.63) is 0 Å². The van der Waals surface area contributed by atoms with Crippen LogP contribution in [-0.2, 0) is 0 Å². The van der Waals surface area contributed by atoms with Crippen LogP contribution >= 0.6 is 0 Å². The molecule has 28 heavy (non-hydrogen) atoms. The molecular weight excluding hydrogens is 338 g/mol. The van der Waals surface area contributed by atoms with Crippen molar-refractivity contribution >= 4 is 0 Å². The largest absolute Gasteiger partial charge is 0.329 e. The summed E-state index contributed by atoms with van der Waals surface area (Å²) in [4.78, 5) is 0. The Kier molecular flexibility index (Phi) is 20.2. The van der Waals surface area contributed by atoms with Crippen molar-refractivity contribution in [2.45, 2.75) is 155 Å². The minimum atomic E-state index is 0.801. The van der Waals surface area contributed by atoms with Gasteiger partial charge in [0.1, 0.15) is 0 Å². The molecule has 1 atom stereocenters. The summed E-state index contributed by atoms with van der Waals surface area (Å²) in [6.07, 6.45) is 30.8. The second-order valence-corrected chi connectivity index (χ2v) is 10.5. The van der Waals surface area contributed by atoms with Gasteiger partial charge in [0.05, 0.1) is 27.2 Å². The summed E-state index contributed by atoms with van der Waals surface area (Å²) < 4.78 is 1.11. The zero-order valence-electron chi connectivity index (χ0n) is 20.9. The molecule has 0 bridgehead atoms. The molecule has 1 unspecified atom stereocenters. The minimum absolute atomic E-state index is 0.801. The molecule has 0 aromatic rings. The van der Waals surface area contributed by atoms with E-state index in [1.165, 1.54) is 135 Å². The zero-order chi connectivity index (χ0) is 20.9. The van der Waals surface area contributed by atoms with Crippen molar-refractivity contribution in [1.29, 1.82) is 0 Å². The molecule has 0 aromatic carbocycles. The highest BCUT2D eigenvalue weighted by Gasteiger charge is 2.16. The van der Waals surface area contributed by atoms with E-state index in [1.54, 1.807) is 0 Å². The third-order valence-electron chi connectivity index (χ3n) is 6.80. The van der Waals surface area contributed by atoms with E-state index in [4.69, 9.17) is 0 Å². The van der Waals surface area contributed by atoms with Crippen LogP contribution in [0.1, 0.15) is 149 Å². The Balaban J connectivity index is 3.09. The van der Waals surface area contributed by atoms with Gasteiger partial charge in [-0.3, -0.25) is 0 Å². The van der Waals surface area contributed by atoms with Gasteiger partial charge in [-0.2, -0.15) is 0 Å². The van der Waals surface area contributed by atoms with Gasteiger partial charge < -0.3 is 4.48 Å². The SMILES string of the molecule is CCCCCCCCCCCCCCCCCCCCCCC(C)[N+](C)(C)C. The van der Waals surface area contributed by atoms with Crippen LogP contribution < -0.4 is 0 Å².